The first kappa shape index (κ1) is 27.3. The number of nitrogen functional groups attached to an aromatic ring is 1. The number of aliphatic carboxylic acids is 1. The maximum atomic E-state index is 11.3. The second-order valence-corrected chi connectivity index (χ2v) is 9.56. The van der Waals surface area contributed by atoms with Crippen molar-refractivity contribution >= 4 is 28.2 Å². The average Bonchev–Trinajstić information content (AvgIpc) is 3.55. The number of hydrogen-bond donors (Lipinski definition) is 7. The number of anilines is 1. The molecular weight excluding hydrogens is 494 g/mol. The Kier molecular flexibility index (Phi) is 8.11. The summed E-state index contributed by atoms with van der Waals surface area (Å²) in [5.41, 5.74) is 13.2. The molecule has 1 aliphatic carbocycles. The number of H-pyrrole nitrogens is 1. The topological polar surface area (TPSA) is 218 Å². The summed E-state index contributed by atoms with van der Waals surface area (Å²) in [7, 11) is 1.64. The lowest BCUT2D eigenvalue weighted by molar-refractivity contribution is -0.142. The summed E-state index contributed by atoms with van der Waals surface area (Å²) in [6, 6.07) is 7.85. The summed E-state index contributed by atoms with van der Waals surface area (Å²) in [4.78, 5) is 23.8. The lowest BCUT2D eigenvalue weighted by Gasteiger charge is -2.24. The first-order valence-electron chi connectivity index (χ1n) is 12.2. The molecule has 1 aromatic carbocycles. The Bertz CT molecular complexity index is 1400. The van der Waals surface area contributed by atoms with E-state index in [-0.39, 0.29) is 11.8 Å². The number of carbonyl (C=O) groups is 1. The van der Waals surface area contributed by atoms with E-state index in [1.54, 1.807) is 11.6 Å². The Morgan fingerprint density at radius 3 is 2.45 bits per heavy atom. The van der Waals surface area contributed by atoms with Gasteiger partial charge in [-0.05, 0) is 37.8 Å². The number of hydrogen-bond acceptors (Lipinski definition) is 10. The molecule has 13 nitrogen and oxygen atoms in total. The van der Waals surface area contributed by atoms with E-state index >= 15 is 0 Å². The van der Waals surface area contributed by atoms with Crippen LogP contribution in [0.15, 0.2) is 30.6 Å². The third-order valence-electron chi connectivity index (χ3n) is 6.97. The van der Waals surface area contributed by atoms with Gasteiger partial charge in [0.15, 0.2) is 5.82 Å². The van der Waals surface area contributed by atoms with E-state index in [9.17, 15) is 9.90 Å². The molecule has 0 spiro atoms. The van der Waals surface area contributed by atoms with Gasteiger partial charge in [0.2, 0.25) is 0 Å². The van der Waals surface area contributed by atoms with Crippen LogP contribution in [0.4, 0.5) is 5.82 Å². The predicted octanol–water partition coefficient (Wildman–Crippen LogP) is 0.883. The molecule has 13 heteroatoms. The zero-order chi connectivity index (χ0) is 27.4. The highest BCUT2D eigenvalue weighted by Gasteiger charge is 2.31. The molecule has 204 valence electrons. The molecule has 38 heavy (non-hydrogen) atoms. The number of carboxylic acids is 1. The maximum Gasteiger partial charge on any atom is 0.306 e. The Hall–Kier alpha value is -3.78. The molecule has 4 aromatic rings. The lowest BCUT2D eigenvalue weighted by Crippen LogP contribution is -2.50. The SMILES string of the molecule is COc1cccc2cc(-c3nc([C@H]4CC[C@H](C(=O)O)CC4)n4ncnc(N)c34)[nH]c12.NC(CO)(CO)CO. The van der Waals surface area contributed by atoms with Crippen LogP contribution >= 0.6 is 0 Å². The quantitative estimate of drug-likeness (QED) is 0.179. The molecule has 0 atom stereocenters. The highest BCUT2D eigenvalue weighted by Crippen LogP contribution is 2.39. The number of aliphatic hydroxyl groups excluding tert-OH is 3. The van der Waals surface area contributed by atoms with Crippen molar-refractivity contribution in [2.24, 2.45) is 11.7 Å². The Morgan fingerprint density at radius 2 is 1.87 bits per heavy atom. The van der Waals surface area contributed by atoms with Crippen LogP contribution < -0.4 is 16.2 Å². The predicted molar refractivity (Wildman–Crippen MR) is 140 cm³/mol. The van der Waals surface area contributed by atoms with Crippen LogP contribution in [-0.2, 0) is 4.79 Å². The number of rotatable bonds is 7. The number of carboxylic acid groups (broad SMARTS) is 1. The van der Waals surface area contributed by atoms with Gasteiger partial charge in [-0.15, -0.1) is 0 Å². The zero-order valence-electron chi connectivity index (χ0n) is 21.0. The van der Waals surface area contributed by atoms with Crippen LogP contribution in [-0.4, -0.2) is 83.4 Å². The van der Waals surface area contributed by atoms with Crippen LogP contribution in [0.2, 0.25) is 0 Å². The summed E-state index contributed by atoms with van der Waals surface area (Å²) in [5, 5.41) is 39.7. The van der Waals surface area contributed by atoms with Crippen LogP contribution in [0.1, 0.15) is 37.4 Å². The molecule has 0 unspecified atom stereocenters. The first-order chi connectivity index (χ1) is 18.2. The minimum Gasteiger partial charge on any atom is -0.495 e. The standard InChI is InChI=1S/C21H22N6O3.C4H11NO3/c1-30-15-4-2-3-13-9-14(25-16(13)15)17-18-19(22)23-10-24-27(18)20(26-17)11-5-7-12(8-6-11)21(28)29;5-4(1-6,2-7)3-8/h2-4,9-12,25H,5-8H2,1H3,(H,28,29)(H2,22,23,24);6-8H,1-3,5H2/t11-,12-;. The second kappa shape index (κ2) is 11.3. The van der Waals surface area contributed by atoms with Gasteiger partial charge in [0.05, 0.1) is 49.6 Å². The van der Waals surface area contributed by atoms with Gasteiger partial charge < -0.3 is 41.6 Å². The normalized spacial score (nSPS) is 17.8. The minimum atomic E-state index is -1.21. The van der Waals surface area contributed by atoms with Crippen LogP contribution in [0.25, 0.3) is 27.8 Å². The number of para-hydroxylation sites is 1. The third kappa shape index (κ3) is 5.27. The molecular formula is C25H33N7O6. The van der Waals surface area contributed by atoms with Crippen LogP contribution in [0.3, 0.4) is 0 Å². The summed E-state index contributed by atoms with van der Waals surface area (Å²) >= 11 is 0. The molecule has 3 heterocycles. The van der Waals surface area contributed by atoms with E-state index in [2.05, 4.69) is 15.1 Å². The molecule has 5 rings (SSSR count). The second-order valence-electron chi connectivity index (χ2n) is 9.56. The largest absolute Gasteiger partial charge is 0.495 e. The first-order valence-corrected chi connectivity index (χ1v) is 12.2. The summed E-state index contributed by atoms with van der Waals surface area (Å²) in [5.74, 6) is 1.01. The monoisotopic (exact) mass is 527 g/mol. The molecule has 9 N–H and O–H groups in total. The van der Waals surface area contributed by atoms with Gasteiger partial charge in [0.25, 0.3) is 0 Å². The summed E-state index contributed by atoms with van der Waals surface area (Å²) < 4.78 is 7.22. The summed E-state index contributed by atoms with van der Waals surface area (Å²) in [6.07, 6.45) is 4.19. The lowest BCUT2D eigenvalue weighted by atomic mass is 9.82. The Morgan fingerprint density at radius 1 is 1.18 bits per heavy atom. The van der Waals surface area contributed by atoms with Gasteiger partial charge in [-0.1, -0.05) is 12.1 Å². The van der Waals surface area contributed by atoms with Crippen molar-refractivity contribution in [3.05, 3.63) is 36.4 Å². The van der Waals surface area contributed by atoms with Gasteiger partial charge in [0.1, 0.15) is 29.1 Å². The fraction of sp³-hybridized carbons (Fsp3) is 0.440. The highest BCUT2D eigenvalue weighted by molar-refractivity contribution is 5.93. The van der Waals surface area contributed by atoms with Crippen molar-refractivity contribution in [2.45, 2.75) is 37.1 Å². The van der Waals surface area contributed by atoms with Gasteiger partial charge in [0, 0.05) is 11.3 Å². The molecule has 1 aliphatic rings. The van der Waals surface area contributed by atoms with Crippen molar-refractivity contribution in [2.75, 3.05) is 32.7 Å². The third-order valence-corrected chi connectivity index (χ3v) is 6.97. The smallest absolute Gasteiger partial charge is 0.306 e. The van der Waals surface area contributed by atoms with Crippen molar-refractivity contribution in [3.8, 4) is 17.1 Å². The van der Waals surface area contributed by atoms with E-state index in [0.29, 0.717) is 29.9 Å². The number of nitrogens with one attached hydrogen (secondary N) is 1. The van der Waals surface area contributed by atoms with E-state index in [1.165, 1.54) is 6.33 Å². The minimum absolute atomic E-state index is 0.120. The number of aromatic amines is 1. The number of fused-ring (bicyclic) bond motifs is 2. The van der Waals surface area contributed by atoms with E-state index in [1.807, 2.05) is 24.3 Å². The molecule has 0 aliphatic heterocycles. The molecule has 0 saturated heterocycles. The van der Waals surface area contributed by atoms with Gasteiger partial charge in [-0.25, -0.2) is 14.5 Å². The molecule has 0 amide bonds. The highest BCUT2D eigenvalue weighted by atomic mass is 16.5. The number of ether oxygens (including phenoxy) is 1. The van der Waals surface area contributed by atoms with Gasteiger partial charge >= 0.3 is 5.97 Å². The Labute approximate surface area is 218 Å². The number of imidazole rings is 1. The van der Waals surface area contributed by atoms with Crippen LogP contribution in [0, 0.1) is 5.92 Å². The molecule has 0 radical (unpaired) electrons. The number of aromatic nitrogens is 5. The molecule has 0 bridgehead atoms. The zero-order valence-corrected chi connectivity index (χ0v) is 21.0. The number of benzene rings is 1. The fourth-order valence-corrected chi connectivity index (χ4v) is 4.60. The summed E-state index contributed by atoms with van der Waals surface area (Å²) in [6.45, 7) is -1.21. The van der Waals surface area contributed by atoms with Crippen LogP contribution in [0.5, 0.6) is 5.75 Å². The van der Waals surface area contributed by atoms with Crippen molar-refractivity contribution < 1.29 is 30.0 Å². The van der Waals surface area contributed by atoms with Crippen molar-refractivity contribution in [1.29, 1.82) is 0 Å². The van der Waals surface area contributed by atoms with E-state index in [4.69, 9.17) is 36.5 Å². The number of nitrogens with two attached hydrogens (primary N) is 2. The van der Waals surface area contributed by atoms with Gasteiger partial charge in [-0.2, -0.15) is 5.10 Å². The average molecular weight is 528 g/mol. The molecule has 1 saturated carbocycles. The maximum absolute atomic E-state index is 11.3. The van der Waals surface area contributed by atoms with E-state index in [0.717, 1.165) is 41.0 Å². The molecule has 3 aromatic heterocycles. The Balaban J connectivity index is 0.000000368. The number of nitrogens with zero attached hydrogens (tertiary/aromatic N) is 4. The fourth-order valence-electron chi connectivity index (χ4n) is 4.60. The van der Waals surface area contributed by atoms with Gasteiger partial charge in [-0.3, -0.25) is 4.79 Å². The molecule has 1 fully saturated rings. The van der Waals surface area contributed by atoms with Crippen molar-refractivity contribution in [3.63, 3.8) is 0 Å². The number of methoxy groups -OCH3 is 1. The van der Waals surface area contributed by atoms with E-state index < -0.39 is 31.3 Å². The number of aliphatic hydroxyl groups is 3. The van der Waals surface area contributed by atoms with Crippen molar-refractivity contribution in [1.82, 2.24) is 24.6 Å².